The number of likely N-dealkylation sites (tertiary alicyclic amines) is 1. The third kappa shape index (κ3) is 5.13. The van der Waals surface area contributed by atoms with Crippen LogP contribution in [0.15, 0.2) is 30.9 Å². The van der Waals surface area contributed by atoms with E-state index in [1.165, 1.54) is 0 Å². The average Bonchev–Trinajstić information content (AvgIpc) is 2.50. The van der Waals surface area contributed by atoms with E-state index in [0.717, 1.165) is 12.0 Å². The molecule has 138 valence electrons. The van der Waals surface area contributed by atoms with Gasteiger partial charge in [-0.25, -0.2) is 4.79 Å². The predicted molar refractivity (Wildman–Crippen MR) is 103 cm³/mol. The minimum absolute atomic E-state index is 0.00777. The molecule has 0 saturated carbocycles. The van der Waals surface area contributed by atoms with E-state index in [1.54, 1.807) is 11.0 Å². The average molecular weight is 385 g/mol. The van der Waals surface area contributed by atoms with Gasteiger partial charge in [0.15, 0.2) is 0 Å². The molecule has 0 aromatic heterocycles. The van der Waals surface area contributed by atoms with E-state index in [0.29, 0.717) is 23.0 Å². The summed E-state index contributed by atoms with van der Waals surface area (Å²) < 4.78 is 5.54. The number of benzene rings is 1. The van der Waals surface area contributed by atoms with Crippen molar-refractivity contribution in [1.82, 2.24) is 4.90 Å². The smallest absolute Gasteiger partial charge is 0.410 e. The van der Waals surface area contributed by atoms with Gasteiger partial charge in [0.2, 0.25) is 0 Å². The molecular formula is C19H26Cl2N2O2. The molecule has 1 heterocycles. The van der Waals surface area contributed by atoms with Crippen molar-refractivity contribution in [3.8, 4) is 0 Å². The number of hydrogen-bond acceptors (Lipinski definition) is 3. The van der Waals surface area contributed by atoms with Crippen LogP contribution in [0, 0.1) is 0 Å². The molecule has 25 heavy (non-hydrogen) atoms. The zero-order valence-electron chi connectivity index (χ0n) is 15.0. The molecule has 0 spiro atoms. The van der Waals surface area contributed by atoms with E-state index in [9.17, 15) is 4.79 Å². The van der Waals surface area contributed by atoms with E-state index >= 15 is 0 Å². The summed E-state index contributed by atoms with van der Waals surface area (Å²) in [5.41, 5.74) is 6.90. The number of rotatable bonds is 3. The van der Waals surface area contributed by atoms with Crippen LogP contribution in [-0.2, 0) is 4.74 Å². The molecule has 0 radical (unpaired) electrons. The van der Waals surface area contributed by atoms with Crippen molar-refractivity contribution < 1.29 is 9.53 Å². The standard InChI is InChI=1S/C19H26Cl2N2O2/c1-5-6-13-10-14(12-7-8-15(20)16(21)9-12)17(22)11-23(13)18(24)25-19(2,3)4/h5,7-9,13-14,17H,1,6,10-11,22H2,2-4H3/t13?,14-,17+/m0/s1. The maximum Gasteiger partial charge on any atom is 0.410 e. The third-order valence-corrected chi connectivity index (χ3v) is 5.07. The molecule has 2 N–H and O–H groups in total. The highest BCUT2D eigenvalue weighted by atomic mass is 35.5. The number of ether oxygens (including phenoxy) is 1. The van der Waals surface area contributed by atoms with Crippen LogP contribution in [0.4, 0.5) is 4.79 Å². The zero-order chi connectivity index (χ0) is 18.8. The molecule has 4 nitrogen and oxygen atoms in total. The summed E-state index contributed by atoms with van der Waals surface area (Å²) in [4.78, 5) is 14.3. The van der Waals surface area contributed by atoms with Crippen LogP contribution in [0.25, 0.3) is 0 Å². The Morgan fingerprint density at radius 1 is 1.40 bits per heavy atom. The summed E-state index contributed by atoms with van der Waals surface area (Å²) in [6.45, 7) is 9.82. The number of piperidine rings is 1. The Morgan fingerprint density at radius 3 is 2.64 bits per heavy atom. The highest BCUT2D eigenvalue weighted by molar-refractivity contribution is 6.42. The SMILES string of the molecule is C=CCC1C[C@@H](c2ccc(Cl)c(Cl)c2)[C@H](N)CN1C(=O)OC(C)(C)C. The number of amides is 1. The van der Waals surface area contributed by atoms with Crippen LogP contribution in [-0.4, -0.2) is 35.2 Å². The van der Waals surface area contributed by atoms with Crippen LogP contribution in [0.3, 0.4) is 0 Å². The number of nitrogens with two attached hydrogens (primary N) is 1. The van der Waals surface area contributed by atoms with Crippen LogP contribution in [0.1, 0.15) is 45.1 Å². The van der Waals surface area contributed by atoms with Crippen molar-refractivity contribution >= 4 is 29.3 Å². The lowest BCUT2D eigenvalue weighted by atomic mass is 9.81. The predicted octanol–water partition coefficient (Wildman–Crippen LogP) is 4.99. The minimum Gasteiger partial charge on any atom is -0.444 e. The van der Waals surface area contributed by atoms with Gasteiger partial charge in [0.1, 0.15) is 5.60 Å². The summed E-state index contributed by atoms with van der Waals surface area (Å²) in [6.07, 6.45) is 2.90. The van der Waals surface area contributed by atoms with Crippen molar-refractivity contribution in [1.29, 1.82) is 0 Å². The lowest BCUT2D eigenvalue weighted by Crippen LogP contribution is -2.55. The maximum atomic E-state index is 12.6. The van der Waals surface area contributed by atoms with Crippen molar-refractivity contribution in [3.63, 3.8) is 0 Å². The second-order valence-corrected chi connectivity index (χ2v) is 8.30. The van der Waals surface area contributed by atoms with Gasteiger partial charge in [-0.05, 0) is 51.3 Å². The van der Waals surface area contributed by atoms with E-state index < -0.39 is 5.60 Å². The van der Waals surface area contributed by atoms with Gasteiger partial charge in [-0.3, -0.25) is 0 Å². The molecule has 1 fully saturated rings. The van der Waals surface area contributed by atoms with Gasteiger partial charge in [0, 0.05) is 24.5 Å². The Kier molecular flexibility index (Phi) is 6.41. The van der Waals surface area contributed by atoms with E-state index in [1.807, 2.05) is 39.0 Å². The first-order valence-electron chi connectivity index (χ1n) is 8.43. The van der Waals surface area contributed by atoms with Crippen molar-refractivity contribution in [2.45, 2.75) is 57.2 Å². The Labute approximate surface area is 159 Å². The number of carbonyl (C=O) groups is 1. The van der Waals surface area contributed by atoms with Gasteiger partial charge < -0.3 is 15.4 Å². The summed E-state index contributed by atoms with van der Waals surface area (Å²) in [5, 5.41) is 1.04. The lowest BCUT2D eigenvalue weighted by Gasteiger charge is -2.43. The third-order valence-electron chi connectivity index (χ3n) is 4.33. The fourth-order valence-electron chi connectivity index (χ4n) is 3.18. The van der Waals surface area contributed by atoms with Crippen molar-refractivity contribution in [3.05, 3.63) is 46.5 Å². The van der Waals surface area contributed by atoms with Gasteiger partial charge in [-0.15, -0.1) is 6.58 Å². The summed E-state index contributed by atoms with van der Waals surface area (Å²) in [5.74, 6) is 0.0957. The highest BCUT2D eigenvalue weighted by Crippen LogP contribution is 2.35. The lowest BCUT2D eigenvalue weighted by molar-refractivity contribution is 0.00585. The topological polar surface area (TPSA) is 55.6 Å². The summed E-state index contributed by atoms with van der Waals surface area (Å²) in [7, 11) is 0. The summed E-state index contributed by atoms with van der Waals surface area (Å²) >= 11 is 12.2. The Bertz CT molecular complexity index is 643. The van der Waals surface area contributed by atoms with Crippen LogP contribution >= 0.6 is 23.2 Å². The van der Waals surface area contributed by atoms with Gasteiger partial charge >= 0.3 is 6.09 Å². The van der Waals surface area contributed by atoms with Crippen LogP contribution < -0.4 is 5.73 Å². The molecule has 1 aromatic rings. The highest BCUT2D eigenvalue weighted by Gasteiger charge is 2.38. The minimum atomic E-state index is -0.541. The monoisotopic (exact) mass is 384 g/mol. The first kappa shape index (κ1) is 20.1. The largest absolute Gasteiger partial charge is 0.444 e. The Morgan fingerprint density at radius 2 is 2.08 bits per heavy atom. The van der Waals surface area contributed by atoms with Gasteiger partial charge in [-0.1, -0.05) is 35.3 Å². The fourth-order valence-corrected chi connectivity index (χ4v) is 3.49. The van der Waals surface area contributed by atoms with Crippen molar-refractivity contribution in [2.24, 2.45) is 5.73 Å². The number of halogens is 2. The molecule has 0 aliphatic carbocycles. The normalized spacial score (nSPS) is 24.1. The molecule has 1 unspecified atom stereocenters. The molecule has 6 heteroatoms. The second kappa shape index (κ2) is 7.98. The molecule has 0 bridgehead atoms. The molecule has 1 aliphatic rings. The quantitative estimate of drug-likeness (QED) is 0.746. The first-order valence-corrected chi connectivity index (χ1v) is 9.19. The van der Waals surface area contributed by atoms with Gasteiger partial charge in [0.05, 0.1) is 10.0 Å². The fraction of sp³-hybridized carbons (Fsp3) is 0.526. The maximum absolute atomic E-state index is 12.6. The van der Waals surface area contributed by atoms with Crippen LogP contribution in [0.2, 0.25) is 10.0 Å². The zero-order valence-corrected chi connectivity index (χ0v) is 16.5. The molecule has 2 rings (SSSR count). The number of nitrogens with zero attached hydrogens (tertiary/aromatic N) is 1. The first-order chi connectivity index (χ1) is 11.6. The van der Waals surface area contributed by atoms with E-state index in [-0.39, 0.29) is 24.1 Å². The summed E-state index contributed by atoms with van der Waals surface area (Å²) in [6, 6.07) is 5.39. The molecule has 1 aromatic carbocycles. The second-order valence-electron chi connectivity index (χ2n) is 7.49. The Balaban J connectivity index is 2.22. The van der Waals surface area contributed by atoms with Gasteiger partial charge in [0.25, 0.3) is 0 Å². The number of hydrogen-bond donors (Lipinski definition) is 1. The van der Waals surface area contributed by atoms with E-state index in [2.05, 4.69) is 6.58 Å². The van der Waals surface area contributed by atoms with Crippen LogP contribution in [0.5, 0.6) is 0 Å². The van der Waals surface area contributed by atoms with Crippen molar-refractivity contribution in [2.75, 3.05) is 6.54 Å². The molecule has 1 aliphatic heterocycles. The van der Waals surface area contributed by atoms with Gasteiger partial charge in [-0.2, -0.15) is 0 Å². The molecule has 1 saturated heterocycles. The molecular weight excluding hydrogens is 359 g/mol. The Hall–Kier alpha value is -1.23. The molecule has 3 atom stereocenters. The molecule has 1 amide bonds. The number of carbonyl (C=O) groups excluding carboxylic acids is 1. The van der Waals surface area contributed by atoms with E-state index in [4.69, 9.17) is 33.7 Å².